The van der Waals surface area contributed by atoms with Crippen LogP contribution in [-0.2, 0) is 9.59 Å². The Morgan fingerprint density at radius 3 is 2.61 bits per heavy atom. The fourth-order valence-electron chi connectivity index (χ4n) is 4.70. The molecule has 3 amide bonds. The zero-order valence-electron chi connectivity index (χ0n) is 21.1. The molecule has 0 bridgehead atoms. The lowest BCUT2D eigenvalue weighted by atomic mass is 9.87. The van der Waals surface area contributed by atoms with Crippen LogP contribution in [0.5, 0.6) is 0 Å². The van der Waals surface area contributed by atoms with E-state index in [1.165, 1.54) is 12.1 Å². The Hall–Kier alpha value is -3.39. The van der Waals surface area contributed by atoms with E-state index in [0.717, 1.165) is 40.3 Å². The molecule has 2 aromatic carbocycles. The summed E-state index contributed by atoms with van der Waals surface area (Å²) in [4.78, 5) is 41.1. The molecule has 1 N–H and O–H groups in total. The van der Waals surface area contributed by atoms with E-state index in [9.17, 15) is 14.4 Å². The van der Waals surface area contributed by atoms with Crippen LogP contribution in [0.25, 0.3) is 11.6 Å². The topological polar surface area (TPSA) is 69.7 Å². The highest BCUT2D eigenvalue weighted by atomic mass is 32.2. The van der Waals surface area contributed by atoms with Crippen LogP contribution in [-0.4, -0.2) is 40.6 Å². The van der Waals surface area contributed by atoms with Crippen LogP contribution >= 0.6 is 11.8 Å². The van der Waals surface area contributed by atoms with E-state index in [1.807, 2.05) is 19.9 Å². The lowest BCUT2D eigenvalue weighted by molar-refractivity contribution is -0.127. The molecule has 2 aliphatic heterocycles. The number of benzene rings is 2. The summed E-state index contributed by atoms with van der Waals surface area (Å²) in [6.45, 7) is 10.6. The van der Waals surface area contributed by atoms with E-state index in [0.29, 0.717) is 17.4 Å². The molecule has 36 heavy (non-hydrogen) atoms. The second kappa shape index (κ2) is 9.93. The van der Waals surface area contributed by atoms with Gasteiger partial charge in [-0.15, -0.1) is 0 Å². The third-order valence-electron chi connectivity index (χ3n) is 6.31. The molecule has 0 saturated carbocycles. The van der Waals surface area contributed by atoms with Gasteiger partial charge in [-0.3, -0.25) is 19.3 Å². The van der Waals surface area contributed by atoms with Crippen molar-refractivity contribution in [2.45, 2.75) is 46.6 Å². The van der Waals surface area contributed by atoms with Crippen LogP contribution in [0, 0.1) is 12.7 Å². The monoisotopic (exact) mass is 507 g/mol. The number of carbonyl (C=O) groups excluding carboxylic acids is 3. The first-order valence-corrected chi connectivity index (χ1v) is 12.7. The van der Waals surface area contributed by atoms with Crippen molar-refractivity contribution in [3.63, 3.8) is 0 Å². The standard InChI is InChI=1S/C28H30FN3O3S/c1-6-10-32-23-14-22(29)19(12-21(23)18(3)15-28(32,4)5)13-24-26(34)31(27(35)36-24)16-25(33)30-20-9-7-8-17(2)11-20/h7-9,11-15H,6,10,16H2,1-5H3,(H,30,33)/b24-13+. The average molecular weight is 508 g/mol. The van der Waals surface area contributed by atoms with Crippen molar-refractivity contribution >= 4 is 51.8 Å². The molecule has 0 unspecified atom stereocenters. The molecule has 8 heteroatoms. The number of fused-ring (bicyclic) bond motifs is 1. The van der Waals surface area contributed by atoms with Crippen molar-refractivity contribution in [1.82, 2.24) is 4.90 Å². The molecule has 2 heterocycles. The molecular formula is C28H30FN3O3S. The third kappa shape index (κ3) is 5.09. The Morgan fingerprint density at radius 1 is 1.17 bits per heavy atom. The highest BCUT2D eigenvalue weighted by molar-refractivity contribution is 8.18. The van der Waals surface area contributed by atoms with Gasteiger partial charge >= 0.3 is 0 Å². The summed E-state index contributed by atoms with van der Waals surface area (Å²) in [5.74, 6) is -1.56. The summed E-state index contributed by atoms with van der Waals surface area (Å²) in [6, 6.07) is 10.5. The van der Waals surface area contributed by atoms with Crippen LogP contribution in [0.15, 0.2) is 47.4 Å². The van der Waals surface area contributed by atoms with E-state index in [-0.39, 0.29) is 16.0 Å². The molecule has 6 nitrogen and oxygen atoms in total. The van der Waals surface area contributed by atoms with Crippen LogP contribution in [0.1, 0.15) is 50.8 Å². The number of carbonyl (C=O) groups is 3. The molecular weight excluding hydrogens is 477 g/mol. The minimum Gasteiger partial charge on any atom is -0.362 e. The van der Waals surface area contributed by atoms with Gasteiger partial charge in [0.1, 0.15) is 12.4 Å². The average Bonchev–Trinajstić information content (AvgIpc) is 3.04. The molecule has 1 saturated heterocycles. The van der Waals surface area contributed by atoms with Crippen molar-refractivity contribution in [3.8, 4) is 0 Å². The molecule has 4 rings (SSSR count). The van der Waals surface area contributed by atoms with Gasteiger partial charge in [-0.05, 0) is 87.4 Å². The van der Waals surface area contributed by atoms with Gasteiger partial charge in [0.2, 0.25) is 5.91 Å². The van der Waals surface area contributed by atoms with E-state index in [1.54, 1.807) is 24.3 Å². The first-order valence-electron chi connectivity index (χ1n) is 11.9. The highest BCUT2D eigenvalue weighted by Crippen LogP contribution is 2.41. The largest absolute Gasteiger partial charge is 0.362 e. The van der Waals surface area contributed by atoms with Gasteiger partial charge in [-0.2, -0.15) is 0 Å². The summed E-state index contributed by atoms with van der Waals surface area (Å²) < 4.78 is 15.3. The van der Waals surface area contributed by atoms with Gasteiger partial charge in [0.05, 0.1) is 10.4 Å². The summed E-state index contributed by atoms with van der Waals surface area (Å²) in [6.07, 6.45) is 4.48. The predicted molar refractivity (Wildman–Crippen MR) is 144 cm³/mol. The molecule has 188 valence electrons. The van der Waals surface area contributed by atoms with Crippen LogP contribution in [0.2, 0.25) is 0 Å². The van der Waals surface area contributed by atoms with Crippen LogP contribution < -0.4 is 10.2 Å². The van der Waals surface area contributed by atoms with Crippen LogP contribution in [0.3, 0.4) is 0 Å². The number of anilines is 2. The highest BCUT2D eigenvalue weighted by Gasteiger charge is 2.37. The maximum atomic E-state index is 15.3. The minimum atomic E-state index is -0.609. The summed E-state index contributed by atoms with van der Waals surface area (Å²) >= 11 is 0.710. The van der Waals surface area contributed by atoms with Gasteiger partial charge < -0.3 is 10.2 Å². The third-order valence-corrected chi connectivity index (χ3v) is 7.21. The fourth-order valence-corrected chi connectivity index (χ4v) is 5.53. The first kappa shape index (κ1) is 25.7. The van der Waals surface area contributed by atoms with Crippen LogP contribution in [0.4, 0.5) is 20.6 Å². The summed E-state index contributed by atoms with van der Waals surface area (Å²) in [5, 5.41) is 2.14. The van der Waals surface area contributed by atoms with E-state index >= 15 is 4.39 Å². The Bertz CT molecular complexity index is 1320. The lowest BCUT2D eigenvalue weighted by Crippen LogP contribution is -2.45. The van der Waals surface area contributed by atoms with Gasteiger partial charge in [0.25, 0.3) is 11.1 Å². The number of halogens is 1. The molecule has 0 radical (unpaired) electrons. The second-order valence-electron chi connectivity index (χ2n) is 9.71. The molecule has 2 aliphatic rings. The fraction of sp³-hybridized carbons (Fsp3) is 0.321. The Balaban J connectivity index is 1.57. The number of allylic oxidation sites excluding steroid dienone is 1. The zero-order chi connectivity index (χ0) is 26.2. The zero-order valence-corrected chi connectivity index (χ0v) is 22.0. The summed E-state index contributed by atoms with van der Waals surface area (Å²) in [7, 11) is 0. The normalized spacial score (nSPS) is 17.9. The lowest BCUT2D eigenvalue weighted by Gasteiger charge is -2.43. The maximum absolute atomic E-state index is 15.3. The number of amides is 3. The minimum absolute atomic E-state index is 0.0883. The van der Waals surface area contributed by atoms with Crippen molar-refractivity contribution in [3.05, 3.63) is 69.9 Å². The number of rotatable bonds is 6. The Kier molecular flexibility index (Phi) is 7.09. The molecule has 0 aliphatic carbocycles. The van der Waals surface area contributed by atoms with Gasteiger partial charge in [0.15, 0.2) is 0 Å². The first-order chi connectivity index (χ1) is 17.0. The molecule has 2 aromatic rings. The quantitative estimate of drug-likeness (QED) is 0.470. The Morgan fingerprint density at radius 2 is 1.92 bits per heavy atom. The number of imide groups is 1. The number of thioether (sulfide) groups is 1. The number of nitrogens with one attached hydrogen (secondary N) is 1. The van der Waals surface area contributed by atoms with Crippen molar-refractivity contribution < 1.29 is 18.8 Å². The molecule has 0 aromatic heterocycles. The number of hydrogen-bond donors (Lipinski definition) is 1. The van der Waals surface area contributed by atoms with E-state index in [2.05, 4.69) is 37.1 Å². The van der Waals surface area contributed by atoms with E-state index < -0.39 is 29.4 Å². The summed E-state index contributed by atoms with van der Waals surface area (Å²) in [5.41, 5.74) is 4.28. The van der Waals surface area contributed by atoms with Crippen molar-refractivity contribution in [2.24, 2.45) is 0 Å². The molecule has 0 spiro atoms. The second-order valence-corrected chi connectivity index (χ2v) is 10.7. The number of hydrogen-bond acceptors (Lipinski definition) is 5. The SMILES string of the molecule is CCCN1c2cc(F)c(/C=C3/SC(=O)N(CC(=O)Nc4cccc(C)c4)C3=O)cc2C(C)=CC1(C)C. The van der Waals surface area contributed by atoms with Gasteiger partial charge in [0, 0.05) is 29.0 Å². The van der Waals surface area contributed by atoms with E-state index in [4.69, 9.17) is 0 Å². The van der Waals surface area contributed by atoms with Crippen molar-refractivity contribution in [1.29, 1.82) is 0 Å². The van der Waals surface area contributed by atoms with Gasteiger partial charge in [-0.25, -0.2) is 4.39 Å². The predicted octanol–water partition coefficient (Wildman–Crippen LogP) is 6.22. The van der Waals surface area contributed by atoms with Crippen molar-refractivity contribution in [2.75, 3.05) is 23.3 Å². The Labute approximate surface area is 215 Å². The van der Waals surface area contributed by atoms with Gasteiger partial charge in [-0.1, -0.05) is 25.1 Å². The molecule has 0 atom stereocenters. The smallest absolute Gasteiger partial charge is 0.294 e. The number of aryl methyl sites for hydroxylation is 1. The maximum Gasteiger partial charge on any atom is 0.294 e. The molecule has 1 fully saturated rings. The number of nitrogens with zero attached hydrogens (tertiary/aromatic N) is 2.